The molecule has 0 aliphatic heterocycles. The van der Waals surface area contributed by atoms with Crippen molar-refractivity contribution in [3.63, 3.8) is 0 Å². The minimum Gasteiger partial charge on any atom is -0.352 e. The predicted octanol–water partition coefficient (Wildman–Crippen LogP) is 3.49. The molecule has 7 nitrogen and oxygen atoms in total. The monoisotopic (exact) mass is 415 g/mol. The van der Waals surface area contributed by atoms with E-state index < -0.39 is 0 Å². The van der Waals surface area contributed by atoms with E-state index in [2.05, 4.69) is 26.6 Å². The van der Waals surface area contributed by atoms with Crippen LogP contribution < -0.4 is 5.32 Å². The number of carbonyl (C=O) groups is 1. The first-order valence-corrected chi connectivity index (χ1v) is 10.3. The van der Waals surface area contributed by atoms with Crippen molar-refractivity contribution in [2.75, 3.05) is 6.54 Å². The molecule has 0 fully saturated rings. The van der Waals surface area contributed by atoms with Gasteiger partial charge in [-0.15, -0.1) is 0 Å². The lowest BCUT2D eigenvalue weighted by molar-refractivity contribution is 0.0953. The fourth-order valence-electron chi connectivity index (χ4n) is 3.40. The predicted molar refractivity (Wildman–Crippen MR) is 117 cm³/mol. The van der Waals surface area contributed by atoms with Crippen molar-refractivity contribution in [1.29, 1.82) is 0 Å². The van der Waals surface area contributed by atoms with Gasteiger partial charge in [0.25, 0.3) is 5.91 Å². The van der Waals surface area contributed by atoms with Gasteiger partial charge < -0.3 is 9.84 Å². The van der Waals surface area contributed by atoms with Crippen LogP contribution in [0.2, 0.25) is 0 Å². The van der Waals surface area contributed by atoms with Crippen LogP contribution in [0.1, 0.15) is 44.6 Å². The molecular formula is C24H25N5O2. The Kier molecular flexibility index (Phi) is 6.21. The molecule has 0 saturated heterocycles. The van der Waals surface area contributed by atoms with Crippen molar-refractivity contribution < 1.29 is 9.32 Å². The third kappa shape index (κ3) is 5.45. The molecule has 0 atom stereocenters. The van der Waals surface area contributed by atoms with Crippen molar-refractivity contribution in [3.8, 4) is 0 Å². The summed E-state index contributed by atoms with van der Waals surface area (Å²) in [5.74, 6) is 1.04. The number of amides is 1. The minimum atomic E-state index is -0.123. The summed E-state index contributed by atoms with van der Waals surface area (Å²) >= 11 is 0. The average molecular weight is 415 g/mol. The van der Waals surface area contributed by atoms with Crippen LogP contribution in [0.5, 0.6) is 0 Å². The fourth-order valence-corrected chi connectivity index (χ4v) is 3.40. The van der Waals surface area contributed by atoms with Crippen molar-refractivity contribution in [2.24, 2.45) is 0 Å². The molecule has 2 aromatic heterocycles. The highest BCUT2D eigenvalue weighted by Gasteiger charge is 2.10. The minimum absolute atomic E-state index is 0.123. The highest BCUT2D eigenvalue weighted by molar-refractivity contribution is 5.94. The third-order valence-electron chi connectivity index (χ3n) is 4.99. The van der Waals surface area contributed by atoms with Gasteiger partial charge >= 0.3 is 0 Å². The first-order chi connectivity index (χ1) is 15.1. The van der Waals surface area contributed by atoms with Crippen LogP contribution in [-0.2, 0) is 19.4 Å². The number of nitrogens with zero attached hydrogens (tertiary/aromatic N) is 4. The molecule has 4 rings (SSSR count). The molecule has 0 saturated carbocycles. The lowest BCUT2D eigenvalue weighted by atomic mass is 10.1. The molecule has 1 amide bonds. The standard InChI is InChI=1S/C24H25N5O2/c1-17-14-18(2)29(27-17)16-20-8-10-21(11-9-20)24(30)25-13-12-23-26-22(28-31-23)15-19-6-4-3-5-7-19/h3-11,14H,12-13,15-16H2,1-2H3,(H,25,30). The number of hydrogen-bond donors (Lipinski definition) is 1. The molecule has 4 aromatic rings. The zero-order chi connectivity index (χ0) is 21.6. The first-order valence-electron chi connectivity index (χ1n) is 10.3. The average Bonchev–Trinajstić information content (AvgIpc) is 3.34. The number of nitrogens with one attached hydrogen (secondary N) is 1. The second kappa shape index (κ2) is 9.38. The Labute approximate surface area is 181 Å². The summed E-state index contributed by atoms with van der Waals surface area (Å²) < 4.78 is 7.25. The summed E-state index contributed by atoms with van der Waals surface area (Å²) in [6.07, 6.45) is 1.12. The van der Waals surface area contributed by atoms with Crippen LogP contribution in [0, 0.1) is 13.8 Å². The Morgan fingerprint density at radius 3 is 2.52 bits per heavy atom. The summed E-state index contributed by atoms with van der Waals surface area (Å²) in [7, 11) is 0. The SMILES string of the molecule is Cc1cc(C)n(Cc2ccc(C(=O)NCCc3nc(Cc4ccccc4)no3)cc2)n1. The van der Waals surface area contributed by atoms with E-state index in [-0.39, 0.29) is 5.91 Å². The number of aromatic nitrogens is 4. The van der Waals surface area contributed by atoms with Crippen molar-refractivity contribution in [1.82, 2.24) is 25.2 Å². The first kappa shape index (κ1) is 20.5. The third-order valence-corrected chi connectivity index (χ3v) is 4.99. The number of carbonyl (C=O) groups excluding carboxylic acids is 1. The van der Waals surface area contributed by atoms with Crippen molar-refractivity contribution in [3.05, 3.63) is 100 Å². The smallest absolute Gasteiger partial charge is 0.251 e. The molecule has 31 heavy (non-hydrogen) atoms. The Hall–Kier alpha value is -3.74. The molecule has 0 spiro atoms. The zero-order valence-corrected chi connectivity index (χ0v) is 17.7. The van der Waals surface area contributed by atoms with E-state index in [9.17, 15) is 4.79 Å². The van der Waals surface area contributed by atoms with E-state index in [1.165, 1.54) is 0 Å². The van der Waals surface area contributed by atoms with Crippen molar-refractivity contribution in [2.45, 2.75) is 33.2 Å². The van der Waals surface area contributed by atoms with Gasteiger partial charge in [0.2, 0.25) is 5.89 Å². The van der Waals surface area contributed by atoms with Gasteiger partial charge in [0, 0.05) is 30.6 Å². The van der Waals surface area contributed by atoms with E-state index in [4.69, 9.17) is 4.52 Å². The topological polar surface area (TPSA) is 85.8 Å². The summed E-state index contributed by atoms with van der Waals surface area (Å²) in [4.78, 5) is 16.8. The maximum Gasteiger partial charge on any atom is 0.251 e. The molecule has 2 aromatic carbocycles. The number of rotatable bonds is 8. The van der Waals surface area contributed by atoms with Gasteiger partial charge in [0.05, 0.1) is 12.2 Å². The van der Waals surface area contributed by atoms with Crippen LogP contribution >= 0.6 is 0 Å². The lowest BCUT2D eigenvalue weighted by Crippen LogP contribution is -2.25. The van der Waals surface area contributed by atoms with Crippen LogP contribution in [0.4, 0.5) is 0 Å². The van der Waals surface area contributed by atoms with Crippen LogP contribution in [0.15, 0.2) is 65.2 Å². The summed E-state index contributed by atoms with van der Waals surface area (Å²) in [5, 5.41) is 11.4. The summed E-state index contributed by atoms with van der Waals surface area (Å²) in [5.41, 5.74) is 4.96. The van der Waals surface area contributed by atoms with Gasteiger partial charge in [-0.1, -0.05) is 47.6 Å². The number of aryl methyl sites for hydroxylation is 2. The van der Waals surface area contributed by atoms with E-state index in [1.54, 1.807) is 0 Å². The Balaban J connectivity index is 1.26. The second-order valence-electron chi connectivity index (χ2n) is 7.55. The normalized spacial score (nSPS) is 10.9. The van der Waals surface area contributed by atoms with Crippen LogP contribution in [0.3, 0.4) is 0 Å². The van der Waals surface area contributed by atoms with Crippen molar-refractivity contribution >= 4 is 5.91 Å². The van der Waals surface area contributed by atoms with Gasteiger partial charge in [-0.25, -0.2) is 0 Å². The highest BCUT2D eigenvalue weighted by Crippen LogP contribution is 2.10. The molecule has 0 bridgehead atoms. The summed E-state index contributed by atoms with van der Waals surface area (Å²) in [6.45, 7) is 5.13. The molecule has 7 heteroatoms. The lowest BCUT2D eigenvalue weighted by Gasteiger charge is -2.07. The maximum absolute atomic E-state index is 12.4. The second-order valence-corrected chi connectivity index (χ2v) is 7.55. The van der Waals surface area contributed by atoms with E-state index in [0.717, 1.165) is 22.5 Å². The number of hydrogen-bond acceptors (Lipinski definition) is 5. The van der Waals surface area contributed by atoms with Gasteiger partial charge in [0.1, 0.15) is 0 Å². The molecule has 0 unspecified atom stereocenters. The van der Waals surface area contributed by atoms with E-state index in [0.29, 0.717) is 43.2 Å². The van der Waals surface area contributed by atoms with Crippen LogP contribution in [-0.4, -0.2) is 32.4 Å². The molecule has 158 valence electrons. The molecule has 0 aliphatic rings. The Bertz CT molecular complexity index is 1150. The zero-order valence-electron chi connectivity index (χ0n) is 17.7. The molecule has 2 heterocycles. The molecular weight excluding hydrogens is 390 g/mol. The highest BCUT2D eigenvalue weighted by atomic mass is 16.5. The largest absolute Gasteiger partial charge is 0.352 e. The molecule has 1 N–H and O–H groups in total. The molecule has 0 radical (unpaired) electrons. The Morgan fingerprint density at radius 2 is 1.81 bits per heavy atom. The van der Waals surface area contributed by atoms with Gasteiger partial charge in [-0.3, -0.25) is 9.48 Å². The van der Waals surface area contributed by atoms with Gasteiger partial charge in [-0.05, 0) is 43.2 Å². The quantitative estimate of drug-likeness (QED) is 0.476. The van der Waals surface area contributed by atoms with E-state index >= 15 is 0 Å². The molecule has 0 aliphatic carbocycles. The van der Waals surface area contributed by atoms with Gasteiger partial charge in [0.15, 0.2) is 5.82 Å². The van der Waals surface area contributed by atoms with Gasteiger partial charge in [-0.2, -0.15) is 10.1 Å². The fraction of sp³-hybridized carbons (Fsp3) is 0.250. The summed E-state index contributed by atoms with van der Waals surface area (Å²) in [6, 6.07) is 19.6. The maximum atomic E-state index is 12.4. The van der Waals surface area contributed by atoms with Crippen LogP contribution in [0.25, 0.3) is 0 Å². The Morgan fingerprint density at radius 1 is 1.03 bits per heavy atom. The van der Waals surface area contributed by atoms with E-state index in [1.807, 2.05) is 73.1 Å². The number of benzene rings is 2.